The van der Waals surface area contributed by atoms with E-state index in [-0.39, 0.29) is 19.6 Å². The number of fused-ring (bicyclic) bond motifs is 1. The molecule has 8 nitrogen and oxygen atoms in total. The summed E-state index contributed by atoms with van der Waals surface area (Å²) in [5.74, 6) is -1.22. The molecule has 1 amide bonds. The van der Waals surface area contributed by atoms with Crippen molar-refractivity contribution in [1.82, 2.24) is 9.88 Å². The molecule has 0 unspecified atom stereocenters. The number of carbonyl (C=O) groups is 3. The summed E-state index contributed by atoms with van der Waals surface area (Å²) in [6.07, 6.45) is 0.0749. The second-order valence-corrected chi connectivity index (χ2v) is 7.88. The fourth-order valence-corrected chi connectivity index (χ4v) is 3.68. The third kappa shape index (κ3) is 6.05. The molecule has 178 valence electrons. The lowest BCUT2D eigenvalue weighted by molar-refractivity contribution is -0.139. The summed E-state index contributed by atoms with van der Waals surface area (Å²) in [5, 5.41) is 12.8. The van der Waals surface area contributed by atoms with Gasteiger partial charge in [0, 0.05) is 18.0 Å². The Balaban J connectivity index is 1.47. The van der Waals surface area contributed by atoms with Crippen LogP contribution >= 0.6 is 0 Å². The summed E-state index contributed by atoms with van der Waals surface area (Å²) in [4.78, 5) is 36.9. The number of nitrogens with zero attached hydrogens (tertiary/aromatic N) is 1. The summed E-state index contributed by atoms with van der Waals surface area (Å²) in [6.45, 7) is 0.125. The molecule has 0 radical (unpaired) electrons. The maximum Gasteiger partial charge on any atom is 0.418 e. The Bertz CT molecular complexity index is 1320. The average molecular weight is 472 g/mol. The number of para-hydroxylation sites is 1. The van der Waals surface area contributed by atoms with E-state index >= 15 is 0 Å². The third-order valence-corrected chi connectivity index (χ3v) is 5.42. The summed E-state index contributed by atoms with van der Waals surface area (Å²) < 4.78 is 12.0. The number of hydrogen-bond donors (Lipinski definition) is 2. The number of aliphatic carboxylic acids is 1. The normalized spacial score (nSPS) is 11.5. The fourth-order valence-electron chi connectivity index (χ4n) is 3.68. The highest BCUT2D eigenvalue weighted by Crippen LogP contribution is 2.23. The standard InChI is InChI=1S/C27H24N2O6/c30-25(31)23(28-26(32)34-17-19-9-3-1-4-10-19)15-21-16-29(24-14-8-7-13-22(21)24)27(33)35-18-20-11-5-2-6-12-20/h1-14,16,23H,15,17-18H2,(H,28,32)(H,30,31)/t23-/m1/s1. The van der Waals surface area contributed by atoms with Gasteiger partial charge in [-0.05, 0) is 22.8 Å². The van der Waals surface area contributed by atoms with E-state index in [0.29, 0.717) is 16.5 Å². The highest BCUT2D eigenvalue weighted by molar-refractivity contribution is 5.92. The highest BCUT2D eigenvalue weighted by atomic mass is 16.6. The SMILES string of the molecule is O=C(N[C@H](Cc1cn(C(=O)OCc2ccccc2)c2ccccc12)C(=O)O)OCc1ccccc1. The van der Waals surface area contributed by atoms with Crippen molar-refractivity contribution in [3.63, 3.8) is 0 Å². The second-order valence-electron chi connectivity index (χ2n) is 7.88. The van der Waals surface area contributed by atoms with Crippen molar-refractivity contribution in [1.29, 1.82) is 0 Å². The van der Waals surface area contributed by atoms with Crippen molar-refractivity contribution in [3.8, 4) is 0 Å². The minimum Gasteiger partial charge on any atom is -0.480 e. The number of nitrogens with one attached hydrogen (secondary N) is 1. The minimum absolute atomic E-state index is 0.0194. The van der Waals surface area contributed by atoms with Crippen molar-refractivity contribution in [2.75, 3.05) is 0 Å². The molecule has 0 aliphatic rings. The Morgan fingerprint density at radius 1 is 0.800 bits per heavy atom. The van der Waals surface area contributed by atoms with Gasteiger partial charge in [0.1, 0.15) is 19.3 Å². The number of alkyl carbamates (subject to hydrolysis) is 1. The van der Waals surface area contributed by atoms with Crippen LogP contribution in [-0.2, 0) is 33.9 Å². The van der Waals surface area contributed by atoms with Crippen molar-refractivity contribution < 1.29 is 29.0 Å². The first kappa shape index (κ1) is 23.6. The fraction of sp³-hybridized carbons (Fsp3) is 0.148. The molecule has 4 rings (SSSR count). The predicted molar refractivity (Wildman–Crippen MR) is 129 cm³/mol. The van der Waals surface area contributed by atoms with Gasteiger partial charge in [0.25, 0.3) is 0 Å². The molecule has 1 heterocycles. The van der Waals surface area contributed by atoms with Crippen LogP contribution < -0.4 is 5.32 Å². The number of hydrogen-bond acceptors (Lipinski definition) is 5. The molecule has 0 saturated carbocycles. The van der Waals surface area contributed by atoms with E-state index in [4.69, 9.17) is 9.47 Å². The number of benzene rings is 3. The van der Waals surface area contributed by atoms with Gasteiger partial charge in [-0.25, -0.2) is 14.4 Å². The molecule has 0 aliphatic heterocycles. The van der Waals surface area contributed by atoms with Crippen molar-refractivity contribution in [2.24, 2.45) is 0 Å². The Labute approximate surface area is 201 Å². The van der Waals surface area contributed by atoms with Crippen LogP contribution in [0.4, 0.5) is 9.59 Å². The van der Waals surface area contributed by atoms with Crippen LogP contribution in [0.1, 0.15) is 16.7 Å². The van der Waals surface area contributed by atoms with Gasteiger partial charge < -0.3 is 19.9 Å². The summed E-state index contributed by atoms with van der Waals surface area (Å²) in [6, 6.07) is 24.2. The van der Waals surface area contributed by atoms with Crippen LogP contribution in [0.25, 0.3) is 10.9 Å². The van der Waals surface area contributed by atoms with Gasteiger partial charge >= 0.3 is 18.2 Å². The van der Waals surface area contributed by atoms with Gasteiger partial charge in [0.2, 0.25) is 0 Å². The Hall–Kier alpha value is -4.59. The molecule has 8 heteroatoms. The van der Waals surface area contributed by atoms with E-state index in [1.54, 1.807) is 42.6 Å². The number of carboxylic acid groups (broad SMARTS) is 1. The molecule has 2 N–H and O–H groups in total. The minimum atomic E-state index is -1.25. The van der Waals surface area contributed by atoms with Crippen LogP contribution in [0.15, 0.2) is 91.1 Å². The van der Waals surface area contributed by atoms with E-state index in [9.17, 15) is 19.5 Å². The van der Waals surface area contributed by atoms with Gasteiger partial charge in [-0.2, -0.15) is 0 Å². The Kier molecular flexibility index (Phi) is 7.42. The summed E-state index contributed by atoms with van der Waals surface area (Å²) >= 11 is 0. The van der Waals surface area contributed by atoms with Crippen molar-refractivity contribution in [3.05, 3.63) is 108 Å². The highest BCUT2D eigenvalue weighted by Gasteiger charge is 2.24. The first-order valence-corrected chi connectivity index (χ1v) is 11.0. The number of aromatic nitrogens is 1. The first-order chi connectivity index (χ1) is 17.0. The lowest BCUT2D eigenvalue weighted by Gasteiger charge is -2.14. The zero-order valence-electron chi connectivity index (χ0n) is 18.8. The number of carbonyl (C=O) groups excluding carboxylic acids is 2. The molecule has 0 spiro atoms. The molecule has 4 aromatic rings. The number of ether oxygens (including phenoxy) is 2. The van der Waals surface area contributed by atoms with E-state index in [0.717, 1.165) is 11.1 Å². The van der Waals surface area contributed by atoms with Crippen LogP contribution in [-0.4, -0.2) is 33.9 Å². The van der Waals surface area contributed by atoms with Gasteiger partial charge in [-0.15, -0.1) is 0 Å². The maximum absolute atomic E-state index is 12.8. The van der Waals surface area contributed by atoms with Crippen molar-refractivity contribution >= 4 is 29.1 Å². The molecule has 1 aromatic heterocycles. The molecular weight excluding hydrogens is 448 g/mol. The van der Waals surface area contributed by atoms with Gasteiger partial charge in [-0.3, -0.25) is 4.57 Å². The summed E-state index contributed by atoms with van der Waals surface area (Å²) in [7, 11) is 0. The lowest BCUT2D eigenvalue weighted by Crippen LogP contribution is -2.42. The van der Waals surface area contributed by atoms with E-state index in [2.05, 4.69) is 5.32 Å². The number of carboxylic acids is 1. The largest absolute Gasteiger partial charge is 0.480 e. The molecule has 0 saturated heterocycles. The molecule has 0 aliphatic carbocycles. The van der Waals surface area contributed by atoms with Gasteiger partial charge in [0.05, 0.1) is 5.52 Å². The van der Waals surface area contributed by atoms with E-state index in [1.165, 1.54) is 4.57 Å². The van der Waals surface area contributed by atoms with Gasteiger partial charge in [0.15, 0.2) is 0 Å². The molecule has 35 heavy (non-hydrogen) atoms. The maximum atomic E-state index is 12.8. The predicted octanol–water partition coefficient (Wildman–Crippen LogP) is 4.75. The topological polar surface area (TPSA) is 107 Å². The van der Waals surface area contributed by atoms with Crippen LogP contribution in [0.5, 0.6) is 0 Å². The molecular formula is C27H24N2O6. The number of amides is 1. The lowest BCUT2D eigenvalue weighted by atomic mass is 10.1. The van der Waals surface area contributed by atoms with E-state index in [1.807, 2.05) is 48.5 Å². The second kappa shape index (κ2) is 11.0. The first-order valence-electron chi connectivity index (χ1n) is 11.0. The molecule has 0 fully saturated rings. The van der Waals surface area contributed by atoms with Gasteiger partial charge in [-0.1, -0.05) is 78.9 Å². The van der Waals surface area contributed by atoms with Crippen LogP contribution in [0.3, 0.4) is 0 Å². The summed E-state index contributed by atoms with van der Waals surface area (Å²) in [5.41, 5.74) is 2.79. The number of rotatable bonds is 8. The monoisotopic (exact) mass is 472 g/mol. The molecule has 0 bridgehead atoms. The third-order valence-electron chi connectivity index (χ3n) is 5.42. The van der Waals surface area contributed by atoms with Crippen LogP contribution in [0, 0.1) is 0 Å². The Morgan fingerprint density at radius 3 is 2.00 bits per heavy atom. The molecule has 1 atom stereocenters. The van der Waals surface area contributed by atoms with E-state index < -0.39 is 24.2 Å². The van der Waals surface area contributed by atoms with Crippen LogP contribution in [0.2, 0.25) is 0 Å². The zero-order valence-corrected chi connectivity index (χ0v) is 18.8. The van der Waals surface area contributed by atoms with Crippen molar-refractivity contribution in [2.45, 2.75) is 25.7 Å². The average Bonchev–Trinajstić information content (AvgIpc) is 3.25. The molecule has 3 aromatic carbocycles. The quantitative estimate of drug-likeness (QED) is 0.383. The smallest absolute Gasteiger partial charge is 0.418 e. The Morgan fingerprint density at radius 2 is 1.37 bits per heavy atom. The zero-order chi connectivity index (χ0) is 24.6.